The van der Waals surface area contributed by atoms with E-state index in [0.717, 1.165) is 37.4 Å². The van der Waals surface area contributed by atoms with Crippen LogP contribution in [0.4, 0.5) is 16.2 Å². The summed E-state index contributed by atoms with van der Waals surface area (Å²) in [6.45, 7) is 3.33. The number of nitrogens with zero attached hydrogens (tertiary/aromatic N) is 6. The van der Waals surface area contributed by atoms with Gasteiger partial charge in [0, 0.05) is 35.9 Å². The summed E-state index contributed by atoms with van der Waals surface area (Å²) in [4.78, 5) is 15.5. The third kappa shape index (κ3) is 4.34. The lowest BCUT2D eigenvalue weighted by molar-refractivity contribution is 0.363. The minimum atomic E-state index is -0.559. The lowest BCUT2D eigenvalue weighted by atomic mass is 9.92. The summed E-state index contributed by atoms with van der Waals surface area (Å²) in [7, 11) is 0. The van der Waals surface area contributed by atoms with Gasteiger partial charge in [-0.15, -0.1) is 5.10 Å². The van der Waals surface area contributed by atoms with Crippen molar-refractivity contribution < 1.29 is 9.13 Å². The molecule has 2 aliphatic rings. The molecule has 3 aromatic rings. The van der Waals surface area contributed by atoms with E-state index in [2.05, 4.69) is 30.3 Å². The molecule has 10 heteroatoms. The Balaban J connectivity index is 1.31. The number of anilines is 2. The number of aromatic nitrogens is 5. The van der Waals surface area contributed by atoms with Gasteiger partial charge in [0.05, 0.1) is 6.54 Å². The van der Waals surface area contributed by atoms with Crippen LogP contribution in [0.25, 0.3) is 0 Å². The molecular weight excluding hydrogens is 433 g/mol. The van der Waals surface area contributed by atoms with E-state index in [-0.39, 0.29) is 18.6 Å². The molecule has 2 bridgehead atoms. The van der Waals surface area contributed by atoms with Gasteiger partial charge >= 0.3 is 6.01 Å². The summed E-state index contributed by atoms with van der Waals surface area (Å²) in [5.74, 6) is 2.88. The molecule has 1 saturated heterocycles. The minimum absolute atomic E-state index is 0.0724. The highest BCUT2D eigenvalue weighted by atomic mass is 35.5. The Morgan fingerprint density at radius 1 is 1.19 bits per heavy atom. The number of ether oxygens (including phenoxy) is 1. The molecule has 2 aromatic heterocycles. The van der Waals surface area contributed by atoms with Gasteiger partial charge in [-0.2, -0.15) is 4.98 Å². The number of piperidine rings is 1. The topological polar surface area (TPSA) is 81.0 Å². The number of hydrogen-bond donors (Lipinski definition) is 1. The molecule has 3 atom stereocenters. The van der Waals surface area contributed by atoms with Gasteiger partial charge in [0.2, 0.25) is 5.95 Å². The maximum Gasteiger partial charge on any atom is 0.322 e. The van der Waals surface area contributed by atoms with Crippen LogP contribution in [-0.4, -0.2) is 50.5 Å². The normalized spacial score (nSPS) is 22.2. The van der Waals surface area contributed by atoms with Crippen molar-refractivity contribution in [3.63, 3.8) is 0 Å². The first-order chi connectivity index (χ1) is 15.6. The molecule has 1 aliphatic carbocycles. The van der Waals surface area contributed by atoms with Crippen molar-refractivity contribution in [3.05, 3.63) is 47.4 Å². The van der Waals surface area contributed by atoms with Crippen LogP contribution in [-0.2, 0) is 6.54 Å². The van der Waals surface area contributed by atoms with Gasteiger partial charge in [-0.1, -0.05) is 17.7 Å². The monoisotopic (exact) mass is 457 g/mol. The standard InChI is InChI=1S/C22H25ClFN7O/c1-14-9-19(26-13-25-14)30-11-15-5-6-16(12-30)20(15)27-21-28-22(31(29-21)8-7-24)32-18-4-2-3-17(23)10-18/h2-4,9-10,13,15-16,20H,5-8,11-12H2,1H3,(H,27,29)/t15-,16+,20?. The molecule has 0 spiro atoms. The highest BCUT2D eigenvalue weighted by Gasteiger charge is 2.43. The Hall–Kier alpha value is -2.94. The number of rotatable bonds is 7. The number of aryl methyl sites for hydroxylation is 2. The molecule has 1 aliphatic heterocycles. The maximum atomic E-state index is 13.1. The minimum Gasteiger partial charge on any atom is -0.424 e. The van der Waals surface area contributed by atoms with Gasteiger partial charge in [0.25, 0.3) is 0 Å². The highest BCUT2D eigenvalue weighted by molar-refractivity contribution is 6.30. The first kappa shape index (κ1) is 20.9. The fourth-order valence-electron chi connectivity index (χ4n) is 4.73. The second-order valence-electron chi connectivity index (χ2n) is 8.38. The van der Waals surface area contributed by atoms with E-state index < -0.39 is 6.67 Å². The molecule has 0 radical (unpaired) electrons. The van der Waals surface area contributed by atoms with Gasteiger partial charge in [0.1, 0.15) is 24.6 Å². The molecular formula is C22H25ClFN7O. The molecule has 1 N–H and O–H groups in total. The van der Waals surface area contributed by atoms with E-state index in [1.165, 1.54) is 4.68 Å². The Morgan fingerprint density at radius 2 is 2.00 bits per heavy atom. The van der Waals surface area contributed by atoms with E-state index in [1.807, 2.05) is 13.0 Å². The molecule has 8 nitrogen and oxygen atoms in total. The Kier molecular flexibility index (Phi) is 5.82. The van der Waals surface area contributed by atoms with Gasteiger partial charge in [-0.05, 0) is 49.8 Å². The van der Waals surface area contributed by atoms with Crippen LogP contribution in [0, 0.1) is 18.8 Å². The maximum absolute atomic E-state index is 13.1. The van der Waals surface area contributed by atoms with E-state index in [0.29, 0.717) is 28.6 Å². The number of hydrogen-bond acceptors (Lipinski definition) is 7. The van der Waals surface area contributed by atoms with Crippen molar-refractivity contribution in [2.24, 2.45) is 11.8 Å². The largest absolute Gasteiger partial charge is 0.424 e. The van der Waals surface area contributed by atoms with Crippen molar-refractivity contribution >= 4 is 23.4 Å². The number of fused-ring (bicyclic) bond motifs is 2. The SMILES string of the molecule is Cc1cc(N2C[C@H]3CC[C@@H](C2)C3Nc2nc(Oc3cccc(Cl)c3)n(CCF)n2)ncn1. The Bertz CT molecular complexity index is 1080. The molecule has 168 valence electrons. The highest BCUT2D eigenvalue weighted by Crippen LogP contribution is 2.39. The molecule has 0 amide bonds. The van der Waals surface area contributed by atoms with E-state index in [9.17, 15) is 4.39 Å². The molecule has 1 unspecified atom stereocenters. The Labute approximate surface area is 190 Å². The summed E-state index contributed by atoms with van der Waals surface area (Å²) >= 11 is 6.04. The summed E-state index contributed by atoms with van der Waals surface area (Å²) < 4.78 is 20.4. The molecule has 2 fully saturated rings. The zero-order valence-corrected chi connectivity index (χ0v) is 18.5. The molecule has 5 rings (SSSR count). The zero-order chi connectivity index (χ0) is 22.1. The van der Waals surface area contributed by atoms with Crippen LogP contribution < -0.4 is 15.0 Å². The second-order valence-corrected chi connectivity index (χ2v) is 8.82. The van der Waals surface area contributed by atoms with Crippen molar-refractivity contribution in [1.29, 1.82) is 0 Å². The number of halogens is 2. The number of alkyl halides is 1. The molecule has 1 saturated carbocycles. The summed E-state index contributed by atoms with van der Waals surface area (Å²) in [5, 5.41) is 8.53. The first-order valence-corrected chi connectivity index (χ1v) is 11.2. The lowest BCUT2D eigenvalue weighted by Gasteiger charge is -2.38. The van der Waals surface area contributed by atoms with Gasteiger partial charge in [-0.25, -0.2) is 19.0 Å². The van der Waals surface area contributed by atoms with E-state index >= 15 is 0 Å². The van der Waals surface area contributed by atoms with Crippen LogP contribution in [0.5, 0.6) is 11.8 Å². The molecule has 1 aromatic carbocycles. The smallest absolute Gasteiger partial charge is 0.322 e. The van der Waals surface area contributed by atoms with Crippen molar-refractivity contribution in [1.82, 2.24) is 24.7 Å². The van der Waals surface area contributed by atoms with E-state index in [4.69, 9.17) is 16.3 Å². The van der Waals surface area contributed by atoms with E-state index in [1.54, 1.807) is 30.6 Å². The summed E-state index contributed by atoms with van der Waals surface area (Å²) in [6.07, 6.45) is 3.90. The predicted molar refractivity (Wildman–Crippen MR) is 120 cm³/mol. The Morgan fingerprint density at radius 3 is 2.72 bits per heavy atom. The number of nitrogens with one attached hydrogen (secondary N) is 1. The predicted octanol–water partition coefficient (Wildman–Crippen LogP) is 4.12. The van der Waals surface area contributed by atoms with Crippen LogP contribution in [0.3, 0.4) is 0 Å². The zero-order valence-electron chi connectivity index (χ0n) is 17.8. The van der Waals surface area contributed by atoms with Gasteiger partial charge in [-0.3, -0.25) is 0 Å². The quantitative estimate of drug-likeness (QED) is 0.571. The summed E-state index contributed by atoms with van der Waals surface area (Å²) in [5.41, 5.74) is 0.970. The van der Waals surface area contributed by atoms with Crippen molar-refractivity contribution in [3.8, 4) is 11.8 Å². The average Bonchev–Trinajstić information content (AvgIpc) is 3.23. The average molecular weight is 458 g/mol. The van der Waals surface area contributed by atoms with Crippen LogP contribution >= 0.6 is 11.6 Å². The lowest BCUT2D eigenvalue weighted by Crippen LogP contribution is -2.48. The second kappa shape index (κ2) is 8.90. The molecule has 3 heterocycles. The first-order valence-electron chi connectivity index (χ1n) is 10.8. The van der Waals surface area contributed by atoms with Gasteiger partial charge < -0.3 is 15.0 Å². The van der Waals surface area contributed by atoms with Gasteiger partial charge in [0.15, 0.2) is 0 Å². The van der Waals surface area contributed by atoms with Crippen molar-refractivity contribution in [2.75, 3.05) is 30.0 Å². The number of benzene rings is 1. The summed E-state index contributed by atoms with van der Waals surface area (Å²) in [6, 6.07) is 9.55. The third-order valence-electron chi connectivity index (χ3n) is 6.18. The van der Waals surface area contributed by atoms with Crippen LogP contribution in [0.1, 0.15) is 18.5 Å². The fourth-order valence-corrected chi connectivity index (χ4v) is 4.91. The van der Waals surface area contributed by atoms with Crippen LogP contribution in [0.2, 0.25) is 5.02 Å². The fraction of sp³-hybridized carbons (Fsp3) is 0.455. The van der Waals surface area contributed by atoms with Crippen molar-refractivity contribution in [2.45, 2.75) is 32.4 Å². The molecule has 32 heavy (non-hydrogen) atoms. The third-order valence-corrected chi connectivity index (χ3v) is 6.42. The van der Waals surface area contributed by atoms with Crippen LogP contribution in [0.15, 0.2) is 36.7 Å².